The minimum atomic E-state index is -1.43. The van der Waals surface area contributed by atoms with Crippen molar-refractivity contribution < 1.29 is 29.0 Å². The third kappa shape index (κ3) is 7.85. The molecule has 1 amide bonds. The summed E-state index contributed by atoms with van der Waals surface area (Å²) in [4.78, 5) is 34.4. The van der Waals surface area contributed by atoms with Crippen molar-refractivity contribution in [1.82, 2.24) is 5.32 Å². The maximum atomic E-state index is 11.8. The van der Waals surface area contributed by atoms with Gasteiger partial charge in [-0.3, -0.25) is 9.59 Å². The number of aliphatic carboxylic acids is 1. The van der Waals surface area contributed by atoms with E-state index in [9.17, 15) is 14.4 Å². The minimum absolute atomic E-state index is 0.423. The van der Waals surface area contributed by atoms with Crippen molar-refractivity contribution in [3.8, 4) is 0 Å². The summed E-state index contributed by atoms with van der Waals surface area (Å²) in [6.07, 6.45) is 2.91. The van der Waals surface area contributed by atoms with E-state index in [1.807, 2.05) is 0 Å². The van der Waals surface area contributed by atoms with Crippen LogP contribution in [0.4, 0.5) is 4.79 Å². The highest BCUT2D eigenvalue weighted by Crippen LogP contribution is 2.23. The summed E-state index contributed by atoms with van der Waals surface area (Å²) >= 11 is 0. The Hall–Kier alpha value is -1.79. The molecular formula is C16H27NO6. The van der Waals surface area contributed by atoms with Crippen molar-refractivity contribution in [1.29, 1.82) is 0 Å². The van der Waals surface area contributed by atoms with E-state index in [1.54, 1.807) is 20.8 Å². The number of carboxylic acids is 1. The van der Waals surface area contributed by atoms with Crippen molar-refractivity contribution in [3.05, 3.63) is 0 Å². The van der Waals surface area contributed by atoms with Crippen molar-refractivity contribution in [3.63, 3.8) is 0 Å². The number of hydrogen-bond acceptors (Lipinski definition) is 5. The number of ether oxygens (including phenoxy) is 2. The van der Waals surface area contributed by atoms with Gasteiger partial charge in [0.15, 0.2) is 0 Å². The molecule has 0 heterocycles. The molecule has 0 radical (unpaired) electrons. The molecule has 7 nitrogen and oxygen atoms in total. The second-order valence-electron chi connectivity index (χ2n) is 6.97. The van der Waals surface area contributed by atoms with Crippen LogP contribution in [-0.4, -0.2) is 36.0 Å². The normalized spacial score (nSPS) is 17.2. The lowest BCUT2D eigenvalue weighted by Gasteiger charge is -2.24. The average molecular weight is 329 g/mol. The van der Waals surface area contributed by atoms with Gasteiger partial charge in [-0.1, -0.05) is 19.3 Å². The van der Waals surface area contributed by atoms with Crippen molar-refractivity contribution in [2.75, 3.05) is 6.54 Å². The third-order valence-corrected chi connectivity index (χ3v) is 3.69. The molecule has 1 aliphatic rings. The summed E-state index contributed by atoms with van der Waals surface area (Å²) in [5, 5.41) is 11.5. The maximum absolute atomic E-state index is 11.8. The molecule has 0 bridgehead atoms. The van der Waals surface area contributed by atoms with Gasteiger partial charge in [-0.05, 0) is 39.5 Å². The molecule has 2 N–H and O–H groups in total. The Bertz CT molecular complexity index is 423. The molecule has 0 spiro atoms. The molecule has 0 saturated heterocycles. The Morgan fingerprint density at radius 2 is 1.74 bits per heavy atom. The molecule has 0 aromatic carbocycles. The summed E-state index contributed by atoms with van der Waals surface area (Å²) in [6.45, 7) is 5.40. The van der Waals surface area contributed by atoms with Crippen LogP contribution in [0.2, 0.25) is 0 Å². The van der Waals surface area contributed by atoms with E-state index in [4.69, 9.17) is 14.6 Å². The molecule has 7 heteroatoms. The van der Waals surface area contributed by atoms with Crippen molar-refractivity contribution in [2.24, 2.45) is 11.3 Å². The lowest BCUT2D eigenvalue weighted by Crippen LogP contribution is -2.37. The Labute approximate surface area is 136 Å². The van der Waals surface area contributed by atoms with Crippen LogP contribution in [0.5, 0.6) is 0 Å². The fourth-order valence-electron chi connectivity index (χ4n) is 2.33. The van der Waals surface area contributed by atoms with Crippen LogP contribution in [-0.2, 0) is 19.1 Å². The zero-order valence-electron chi connectivity index (χ0n) is 14.1. The highest BCUT2D eigenvalue weighted by Gasteiger charge is 2.29. The van der Waals surface area contributed by atoms with Crippen LogP contribution >= 0.6 is 0 Å². The monoisotopic (exact) mass is 329 g/mol. The quantitative estimate of drug-likeness (QED) is 0.574. The van der Waals surface area contributed by atoms with Gasteiger partial charge in [-0.2, -0.15) is 0 Å². The van der Waals surface area contributed by atoms with Gasteiger partial charge in [-0.25, -0.2) is 4.79 Å². The smallest absolute Gasteiger partial charge is 0.410 e. The van der Waals surface area contributed by atoms with Gasteiger partial charge in [0, 0.05) is 6.54 Å². The molecule has 0 aliphatic heterocycles. The largest absolute Gasteiger partial charge is 0.481 e. The fourth-order valence-corrected chi connectivity index (χ4v) is 2.33. The number of amides is 1. The Balaban J connectivity index is 2.46. The van der Waals surface area contributed by atoms with Crippen LogP contribution in [0.3, 0.4) is 0 Å². The molecule has 0 aromatic rings. The lowest BCUT2D eigenvalue weighted by atomic mass is 9.89. The highest BCUT2D eigenvalue weighted by molar-refractivity contribution is 5.76. The predicted octanol–water partition coefficient (Wildman–Crippen LogP) is 2.68. The number of esters is 1. The second kappa shape index (κ2) is 8.74. The number of hydrogen-bond donors (Lipinski definition) is 2. The van der Waals surface area contributed by atoms with Crippen molar-refractivity contribution >= 4 is 18.0 Å². The molecule has 1 unspecified atom stereocenters. The van der Waals surface area contributed by atoms with Gasteiger partial charge in [0.05, 0.1) is 5.41 Å². The van der Waals surface area contributed by atoms with E-state index in [0.29, 0.717) is 12.5 Å². The van der Waals surface area contributed by atoms with E-state index in [0.717, 1.165) is 25.7 Å². The first kappa shape index (κ1) is 19.3. The molecule has 1 aliphatic carbocycles. The first-order valence-electron chi connectivity index (χ1n) is 8.06. The number of carbonyl (C=O) groups is 3. The van der Waals surface area contributed by atoms with Crippen molar-refractivity contribution in [2.45, 2.75) is 65.6 Å². The van der Waals surface area contributed by atoms with E-state index in [2.05, 4.69) is 5.32 Å². The molecular weight excluding hydrogens is 302 g/mol. The molecule has 23 heavy (non-hydrogen) atoms. The fraction of sp³-hybridized carbons (Fsp3) is 0.812. The number of rotatable bonds is 6. The van der Waals surface area contributed by atoms with Crippen LogP contribution in [0.25, 0.3) is 0 Å². The summed E-state index contributed by atoms with van der Waals surface area (Å²) in [7, 11) is 0. The number of carbonyl (C=O) groups excluding carboxylic acids is 2. The van der Waals surface area contributed by atoms with Gasteiger partial charge < -0.3 is 19.9 Å². The molecule has 132 valence electrons. The van der Waals surface area contributed by atoms with E-state index in [1.165, 1.54) is 6.42 Å². The molecule has 1 saturated carbocycles. The first-order chi connectivity index (χ1) is 10.7. The molecule has 1 rings (SSSR count). The van der Waals surface area contributed by atoms with E-state index < -0.39 is 36.2 Å². The number of nitrogens with one attached hydrogen (secondary N) is 1. The maximum Gasteiger partial charge on any atom is 0.410 e. The van der Waals surface area contributed by atoms with Gasteiger partial charge in [0.2, 0.25) is 0 Å². The number of alkyl carbamates (subject to hydrolysis) is 1. The summed E-state index contributed by atoms with van der Waals surface area (Å²) in [5.74, 6) is -1.41. The van der Waals surface area contributed by atoms with Gasteiger partial charge in [0.25, 0.3) is 6.29 Å². The SMILES string of the molecule is CC(C)(C)C(=O)OC(CC(=O)O)OC(=O)NCC1CCCCC1. The number of carboxylic acid groups (broad SMARTS) is 1. The van der Waals surface area contributed by atoms with E-state index >= 15 is 0 Å². The van der Waals surface area contributed by atoms with Gasteiger partial charge >= 0.3 is 18.0 Å². The minimum Gasteiger partial charge on any atom is -0.481 e. The standard InChI is InChI=1S/C16H27NO6/c1-16(2,3)14(20)22-13(9-12(18)19)23-15(21)17-10-11-7-5-4-6-8-11/h11,13H,4-10H2,1-3H3,(H,17,21)(H,18,19). The third-order valence-electron chi connectivity index (χ3n) is 3.69. The Kier molecular flexibility index (Phi) is 7.32. The molecule has 1 fully saturated rings. The lowest BCUT2D eigenvalue weighted by molar-refractivity contribution is -0.181. The summed E-state index contributed by atoms with van der Waals surface area (Å²) in [5.41, 5.74) is -0.807. The topological polar surface area (TPSA) is 102 Å². The first-order valence-corrected chi connectivity index (χ1v) is 8.06. The summed E-state index contributed by atoms with van der Waals surface area (Å²) < 4.78 is 9.93. The predicted molar refractivity (Wildman–Crippen MR) is 82.6 cm³/mol. The molecule has 0 aromatic heterocycles. The highest BCUT2D eigenvalue weighted by atomic mass is 16.7. The zero-order valence-corrected chi connectivity index (χ0v) is 14.1. The average Bonchev–Trinajstić information content (AvgIpc) is 2.44. The van der Waals surface area contributed by atoms with E-state index in [-0.39, 0.29) is 0 Å². The van der Waals surface area contributed by atoms with Crippen LogP contribution in [0.1, 0.15) is 59.3 Å². The Morgan fingerprint density at radius 3 is 2.26 bits per heavy atom. The van der Waals surface area contributed by atoms with Gasteiger partial charge in [-0.15, -0.1) is 0 Å². The van der Waals surface area contributed by atoms with Crippen LogP contribution in [0.15, 0.2) is 0 Å². The Morgan fingerprint density at radius 1 is 1.13 bits per heavy atom. The van der Waals surface area contributed by atoms with Crippen LogP contribution in [0, 0.1) is 11.3 Å². The molecule has 1 atom stereocenters. The second-order valence-corrected chi connectivity index (χ2v) is 6.97. The zero-order chi connectivity index (χ0) is 17.5. The van der Waals surface area contributed by atoms with Crippen LogP contribution < -0.4 is 5.32 Å². The van der Waals surface area contributed by atoms with Gasteiger partial charge in [0.1, 0.15) is 6.42 Å². The summed E-state index contributed by atoms with van der Waals surface area (Å²) in [6, 6.07) is 0.